The summed E-state index contributed by atoms with van der Waals surface area (Å²) in [4.78, 5) is 14.6. The van der Waals surface area contributed by atoms with Crippen molar-refractivity contribution < 1.29 is 4.79 Å². The molecule has 0 aliphatic carbocycles. The van der Waals surface area contributed by atoms with E-state index < -0.39 is 0 Å². The van der Waals surface area contributed by atoms with Gasteiger partial charge in [-0.3, -0.25) is 4.79 Å². The number of nitrogens with zero attached hydrogens (tertiary/aromatic N) is 2. The van der Waals surface area contributed by atoms with E-state index in [4.69, 9.17) is 0 Å². The fraction of sp³-hybridized carbons (Fsp3) is 0.368. The molecule has 0 bridgehead atoms. The van der Waals surface area contributed by atoms with Gasteiger partial charge < -0.3 is 4.90 Å². The quantitative estimate of drug-likeness (QED) is 0.883. The highest BCUT2D eigenvalue weighted by Gasteiger charge is 2.13. The topological polar surface area (TPSA) is 44.7 Å². The van der Waals surface area contributed by atoms with Crippen LogP contribution in [0.25, 0.3) is 10.8 Å². The van der Waals surface area contributed by atoms with Crippen LogP contribution in [0.4, 0.5) is 0 Å². The summed E-state index contributed by atoms with van der Waals surface area (Å²) in [5.41, 5.74) is 4.87. The summed E-state index contributed by atoms with van der Waals surface area (Å²) in [5, 5.41) is 6.61. The van der Waals surface area contributed by atoms with E-state index in [0.29, 0.717) is 6.42 Å². The van der Waals surface area contributed by atoms with Gasteiger partial charge in [-0.15, -0.1) is 0 Å². The molecule has 4 nitrogen and oxygen atoms in total. The van der Waals surface area contributed by atoms with Crippen LogP contribution in [0.15, 0.2) is 47.6 Å². The first-order valence-corrected chi connectivity index (χ1v) is 8.29. The van der Waals surface area contributed by atoms with Crippen LogP contribution >= 0.6 is 0 Å². The number of benzene rings is 2. The van der Waals surface area contributed by atoms with Crippen molar-refractivity contribution in [3.05, 3.63) is 48.0 Å². The molecule has 0 radical (unpaired) electrons. The Kier molecular flexibility index (Phi) is 5.03. The number of fused-ring (bicyclic) bond motifs is 1. The molecule has 1 saturated heterocycles. The predicted octanol–water partition coefficient (Wildman–Crippen LogP) is 2.97. The van der Waals surface area contributed by atoms with Crippen LogP contribution in [0.3, 0.4) is 0 Å². The van der Waals surface area contributed by atoms with Gasteiger partial charge in [0.05, 0.1) is 6.42 Å². The van der Waals surface area contributed by atoms with Crippen LogP contribution in [0.2, 0.25) is 0 Å². The average molecular weight is 309 g/mol. The van der Waals surface area contributed by atoms with E-state index >= 15 is 0 Å². The minimum atomic E-state index is -0.0493. The number of carbonyl (C=O) groups is 1. The van der Waals surface area contributed by atoms with Crippen LogP contribution in [0, 0.1) is 0 Å². The lowest BCUT2D eigenvalue weighted by Gasteiger charge is -2.25. The van der Waals surface area contributed by atoms with Crippen molar-refractivity contribution in [1.29, 1.82) is 0 Å². The Morgan fingerprint density at radius 2 is 1.87 bits per heavy atom. The van der Waals surface area contributed by atoms with Crippen LogP contribution in [-0.4, -0.2) is 36.2 Å². The third-order valence-electron chi connectivity index (χ3n) is 4.45. The molecule has 4 heteroatoms. The van der Waals surface area contributed by atoms with Gasteiger partial charge in [0.1, 0.15) is 0 Å². The van der Waals surface area contributed by atoms with E-state index in [9.17, 15) is 4.79 Å². The third-order valence-corrected chi connectivity index (χ3v) is 4.45. The maximum atomic E-state index is 12.2. The Morgan fingerprint density at radius 3 is 2.65 bits per heavy atom. The monoisotopic (exact) mass is 309 g/mol. The number of hydrazone groups is 1. The average Bonchev–Trinajstić information content (AvgIpc) is 2.61. The number of piperidine rings is 1. The van der Waals surface area contributed by atoms with Gasteiger partial charge in [-0.1, -0.05) is 49.4 Å². The first-order chi connectivity index (χ1) is 11.3. The Morgan fingerprint density at radius 1 is 1.13 bits per heavy atom. The van der Waals surface area contributed by atoms with Gasteiger partial charge in [0.2, 0.25) is 5.91 Å². The molecule has 23 heavy (non-hydrogen) atoms. The lowest BCUT2D eigenvalue weighted by Crippen LogP contribution is -2.34. The Labute approximate surface area is 137 Å². The summed E-state index contributed by atoms with van der Waals surface area (Å²) in [6, 6.07) is 14.2. The van der Waals surface area contributed by atoms with Gasteiger partial charge in [0, 0.05) is 31.6 Å². The molecule has 0 aromatic heterocycles. The lowest BCUT2D eigenvalue weighted by molar-refractivity contribution is -0.120. The molecule has 2 aromatic carbocycles. The lowest BCUT2D eigenvalue weighted by atomic mass is 10.0. The molecule has 1 heterocycles. The van der Waals surface area contributed by atoms with Crippen LogP contribution in [0.5, 0.6) is 0 Å². The SMILES string of the molecule is CCN1CCC(=NNC(=O)Cc2cccc3ccccc23)CC1. The molecule has 0 spiro atoms. The second kappa shape index (κ2) is 7.38. The van der Waals surface area contributed by atoms with Gasteiger partial charge in [0.15, 0.2) is 0 Å². The van der Waals surface area contributed by atoms with Crippen molar-refractivity contribution in [3.63, 3.8) is 0 Å². The standard InChI is InChI=1S/C19H23N3O/c1-2-22-12-10-17(11-13-22)20-21-19(23)14-16-8-5-7-15-6-3-4-9-18(15)16/h3-9H,2,10-14H2,1H3,(H,21,23). The van der Waals surface area contributed by atoms with Crippen molar-refractivity contribution in [2.75, 3.05) is 19.6 Å². The van der Waals surface area contributed by atoms with Gasteiger partial charge in [0.25, 0.3) is 0 Å². The molecule has 1 N–H and O–H groups in total. The van der Waals surface area contributed by atoms with E-state index in [-0.39, 0.29) is 5.91 Å². The van der Waals surface area contributed by atoms with E-state index in [1.165, 1.54) is 0 Å². The third kappa shape index (κ3) is 3.96. The zero-order valence-electron chi connectivity index (χ0n) is 13.6. The van der Waals surface area contributed by atoms with Crippen molar-refractivity contribution in [2.24, 2.45) is 5.10 Å². The van der Waals surface area contributed by atoms with Gasteiger partial charge in [-0.2, -0.15) is 5.10 Å². The van der Waals surface area contributed by atoms with Gasteiger partial charge in [-0.25, -0.2) is 5.43 Å². The minimum Gasteiger partial charge on any atom is -0.303 e. The van der Waals surface area contributed by atoms with E-state index in [0.717, 1.165) is 54.5 Å². The number of rotatable bonds is 4. The molecule has 1 aliphatic heterocycles. The first kappa shape index (κ1) is 15.7. The normalized spacial score (nSPS) is 15.6. The molecule has 1 amide bonds. The summed E-state index contributed by atoms with van der Waals surface area (Å²) < 4.78 is 0. The fourth-order valence-corrected chi connectivity index (χ4v) is 3.04. The fourth-order valence-electron chi connectivity index (χ4n) is 3.04. The highest BCUT2D eigenvalue weighted by atomic mass is 16.2. The summed E-state index contributed by atoms with van der Waals surface area (Å²) >= 11 is 0. The van der Waals surface area contributed by atoms with Crippen molar-refractivity contribution in [3.8, 4) is 0 Å². The largest absolute Gasteiger partial charge is 0.303 e. The van der Waals surface area contributed by atoms with Crippen LogP contribution < -0.4 is 5.43 Å². The number of hydrogen-bond donors (Lipinski definition) is 1. The highest BCUT2D eigenvalue weighted by Crippen LogP contribution is 2.18. The van der Waals surface area contributed by atoms with E-state index in [1.54, 1.807) is 0 Å². The van der Waals surface area contributed by atoms with Gasteiger partial charge >= 0.3 is 0 Å². The Bertz CT molecular complexity index is 708. The van der Waals surface area contributed by atoms with Crippen LogP contribution in [0.1, 0.15) is 25.3 Å². The summed E-state index contributed by atoms with van der Waals surface area (Å²) in [6.45, 7) is 5.33. The molecular formula is C19H23N3O. The van der Waals surface area contributed by atoms with Crippen LogP contribution in [-0.2, 0) is 11.2 Å². The molecule has 2 aromatic rings. The van der Waals surface area contributed by atoms with Crippen molar-refractivity contribution in [2.45, 2.75) is 26.2 Å². The van der Waals surface area contributed by atoms with Crippen molar-refractivity contribution >= 4 is 22.4 Å². The number of likely N-dealkylation sites (tertiary alicyclic amines) is 1. The number of nitrogens with one attached hydrogen (secondary N) is 1. The second-order valence-corrected chi connectivity index (χ2v) is 5.96. The molecule has 120 valence electrons. The summed E-state index contributed by atoms with van der Waals surface area (Å²) in [6.07, 6.45) is 2.25. The smallest absolute Gasteiger partial charge is 0.244 e. The molecule has 0 unspecified atom stereocenters. The Hall–Kier alpha value is -2.20. The molecule has 1 fully saturated rings. The Balaban J connectivity index is 1.61. The highest BCUT2D eigenvalue weighted by molar-refractivity contribution is 5.91. The summed E-state index contributed by atoms with van der Waals surface area (Å²) in [5.74, 6) is -0.0493. The van der Waals surface area contributed by atoms with Crippen molar-refractivity contribution in [1.82, 2.24) is 10.3 Å². The second-order valence-electron chi connectivity index (χ2n) is 5.96. The first-order valence-electron chi connectivity index (χ1n) is 8.29. The molecule has 0 atom stereocenters. The maximum absolute atomic E-state index is 12.2. The number of carbonyl (C=O) groups excluding carboxylic acids is 1. The maximum Gasteiger partial charge on any atom is 0.244 e. The summed E-state index contributed by atoms with van der Waals surface area (Å²) in [7, 11) is 0. The zero-order chi connectivity index (χ0) is 16.1. The minimum absolute atomic E-state index is 0.0493. The molecule has 0 saturated carbocycles. The number of hydrogen-bond acceptors (Lipinski definition) is 3. The van der Waals surface area contributed by atoms with E-state index in [2.05, 4.69) is 40.5 Å². The molecule has 3 rings (SSSR count). The predicted molar refractivity (Wildman–Crippen MR) is 94.6 cm³/mol. The van der Waals surface area contributed by atoms with E-state index in [1.807, 2.05) is 24.3 Å². The molecular weight excluding hydrogens is 286 g/mol. The number of amides is 1. The molecule has 1 aliphatic rings. The van der Waals surface area contributed by atoms with Gasteiger partial charge in [-0.05, 0) is 22.9 Å². The zero-order valence-corrected chi connectivity index (χ0v) is 13.6.